The Kier molecular flexibility index (Phi) is 4.58. The Hall–Kier alpha value is -1.53. The summed E-state index contributed by atoms with van der Waals surface area (Å²) in [7, 11) is 0. The van der Waals surface area contributed by atoms with Crippen molar-refractivity contribution in [1.82, 2.24) is 0 Å². The minimum atomic E-state index is -4.57. The van der Waals surface area contributed by atoms with Gasteiger partial charge in [0.15, 0.2) is 0 Å². The first-order valence-electron chi connectivity index (χ1n) is 5.71. The van der Waals surface area contributed by atoms with Crippen LogP contribution in [-0.4, -0.2) is 5.91 Å². The fourth-order valence-electron chi connectivity index (χ4n) is 1.62. The van der Waals surface area contributed by atoms with Gasteiger partial charge >= 0.3 is 6.18 Å². The molecule has 2 aromatic carbocycles. The quantitative estimate of drug-likeness (QED) is 0.747. The Balaban J connectivity index is 2.24. The molecule has 2 aromatic rings. The largest absolute Gasteiger partial charge is 0.417 e. The molecule has 0 atom stereocenters. The maximum Gasteiger partial charge on any atom is 0.417 e. The van der Waals surface area contributed by atoms with Gasteiger partial charge < -0.3 is 5.32 Å². The molecule has 0 saturated carbocycles. The number of carbonyl (C=O) groups excluding carboxylic acids is 1. The van der Waals surface area contributed by atoms with Crippen molar-refractivity contribution in [2.45, 2.75) is 6.18 Å². The van der Waals surface area contributed by atoms with E-state index in [1.807, 2.05) is 0 Å². The zero-order valence-corrected chi connectivity index (χ0v) is 12.7. The standard InChI is InChI=1S/C14H8BrClF3NO/c15-9-3-1-8(2-4-9)13(21)20-10-5-6-12(16)11(7-10)14(17,18)19/h1-7H,(H,20,21). The monoisotopic (exact) mass is 377 g/mol. The molecular weight excluding hydrogens is 371 g/mol. The lowest BCUT2D eigenvalue weighted by Gasteiger charge is -2.11. The van der Waals surface area contributed by atoms with Gasteiger partial charge in [-0.3, -0.25) is 4.79 Å². The van der Waals surface area contributed by atoms with Crippen LogP contribution in [0.15, 0.2) is 46.9 Å². The number of carbonyl (C=O) groups is 1. The minimum Gasteiger partial charge on any atom is -0.322 e. The number of hydrogen-bond acceptors (Lipinski definition) is 1. The maximum absolute atomic E-state index is 12.7. The smallest absolute Gasteiger partial charge is 0.322 e. The van der Waals surface area contributed by atoms with Crippen molar-refractivity contribution in [3.05, 3.63) is 63.1 Å². The highest BCUT2D eigenvalue weighted by Gasteiger charge is 2.33. The van der Waals surface area contributed by atoms with E-state index in [0.29, 0.717) is 5.56 Å². The average Bonchev–Trinajstić information content (AvgIpc) is 2.40. The van der Waals surface area contributed by atoms with Crippen molar-refractivity contribution < 1.29 is 18.0 Å². The second-order valence-corrected chi connectivity index (χ2v) is 5.48. The normalized spacial score (nSPS) is 11.3. The zero-order chi connectivity index (χ0) is 15.6. The van der Waals surface area contributed by atoms with Gasteiger partial charge in [0.05, 0.1) is 10.6 Å². The van der Waals surface area contributed by atoms with E-state index < -0.39 is 22.7 Å². The van der Waals surface area contributed by atoms with E-state index >= 15 is 0 Å². The van der Waals surface area contributed by atoms with Crippen molar-refractivity contribution in [1.29, 1.82) is 0 Å². The van der Waals surface area contributed by atoms with Crippen molar-refractivity contribution in [2.75, 3.05) is 5.32 Å². The topological polar surface area (TPSA) is 29.1 Å². The minimum absolute atomic E-state index is 0.0274. The molecule has 0 aliphatic rings. The molecule has 21 heavy (non-hydrogen) atoms. The molecule has 0 aliphatic carbocycles. The van der Waals surface area contributed by atoms with Crippen LogP contribution in [-0.2, 0) is 6.18 Å². The molecule has 1 amide bonds. The van der Waals surface area contributed by atoms with Gasteiger partial charge in [-0.1, -0.05) is 27.5 Å². The lowest BCUT2D eigenvalue weighted by Crippen LogP contribution is -2.13. The molecule has 7 heteroatoms. The molecule has 0 bridgehead atoms. The van der Waals surface area contributed by atoms with Crippen molar-refractivity contribution in [3.63, 3.8) is 0 Å². The summed E-state index contributed by atoms with van der Waals surface area (Å²) >= 11 is 8.74. The van der Waals surface area contributed by atoms with Gasteiger partial charge in [0, 0.05) is 15.7 Å². The molecular formula is C14H8BrClF3NO. The number of nitrogens with one attached hydrogen (secondary N) is 1. The SMILES string of the molecule is O=C(Nc1ccc(Cl)c(C(F)(F)F)c1)c1ccc(Br)cc1. The van der Waals surface area contributed by atoms with Crippen LogP contribution in [0.1, 0.15) is 15.9 Å². The molecule has 0 saturated heterocycles. The number of rotatable bonds is 2. The molecule has 0 spiro atoms. The number of anilines is 1. The molecule has 1 N–H and O–H groups in total. The molecule has 110 valence electrons. The summed E-state index contributed by atoms with van der Waals surface area (Å²) in [6.07, 6.45) is -4.57. The molecule has 0 radical (unpaired) electrons. The Morgan fingerprint density at radius 2 is 1.71 bits per heavy atom. The number of hydrogen-bond donors (Lipinski definition) is 1. The Morgan fingerprint density at radius 1 is 1.10 bits per heavy atom. The fraction of sp³-hybridized carbons (Fsp3) is 0.0714. The molecule has 0 heterocycles. The van der Waals surface area contributed by atoms with E-state index in [1.54, 1.807) is 24.3 Å². The lowest BCUT2D eigenvalue weighted by atomic mass is 10.1. The van der Waals surface area contributed by atoms with E-state index in [1.165, 1.54) is 6.07 Å². The Labute approximate surface area is 132 Å². The van der Waals surface area contributed by atoms with Crippen LogP contribution >= 0.6 is 27.5 Å². The highest BCUT2D eigenvalue weighted by Crippen LogP contribution is 2.36. The van der Waals surface area contributed by atoms with Gasteiger partial charge in [0.25, 0.3) is 5.91 Å². The summed E-state index contributed by atoms with van der Waals surface area (Å²) < 4.78 is 39.0. The fourth-order valence-corrected chi connectivity index (χ4v) is 2.11. The Bertz CT molecular complexity index is 671. The lowest BCUT2D eigenvalue weighted by molar-refractivity contribution is -0.137. The summed E-state index contributed by atoms with van der Waals surface area (Å²) in [5, 5.41) is 1.99. The third-order valence-corrected chi connectivity index (χ3v) is 3.49. The molecule has 2 nitrogen and oxygen atoms in total. The third kappa shape index (κ3) is 3.98. The van der Waals surface area contributed by atoms with Crippen molar-refractivity contribution in [2.24, 2.45) is 0 Å². The molecule has 0 fully saturated rings. The highest BCUT2D eigenvalue weighted by atomic mass is 79.9. The van der Waals surface area contributed by atoms with Crippen LogP contribution in [0.5, 0.6) is 0 Å². The predicted molar refractivity (Wildman–Crippen MR) is 78.5 cm³/mol. The molecule has 0 aliphatic heterocycles. The van der Waals surface area contributed by atoms with Gasteiger partial charge in [-0.25, -0.2) is 0 Å². The van der Waals surface area contributed by atoms with Gasteiger partial charge in [-0.2, -0.15) is 13.2 Å². The van der Waals surface area contributed by atoms with Gasteiger partial charge in [-0.15, -0.1) is 0 Å². The first-order valence-corrected chi connectivity index (χ1v) is 6.88. The van der Waals surface area contributed by atoms with Crippen LogP contribution in [0.25, 0.3) is 0 Å². The van der Waals surface area contributed by atoms with E-state index in [9.17, 15) is 18.0 Å². The maximum atomic E-state index is 12.7. The average molecular weight is 379 g/mol. The van der Waals surface area contributed by atoms with Crippen molar-refractivity contribution >= 4 is 39.1 Å². The highest BCUT2D eigenvalue weighted by molar-refractivity contribution is 9.10. The zero-order valence-electron chi connectivity index (χ0n) is 10.3. The first-order chi connectivity index (χ1) is 9.77. The first kappa shape index (κ1) is 15.9. The van der Waals surface area contributed by atoms with E-state index in [0.717, 1.165) is 16.6 Å². The van der Waals surface area contributed by atoms with Crippen LogP contribution in [0, 0.1) is 0 Å². The predicted octanol–water partition coefficient (Wildman–Crippen LogP) is 5.37. The second kappa shape index (κ2) is 6.07. The van der Waals surface area contributed by atoms with Gasteiger partial charge in [0.1, 0.15) is 0 Å². The number of benzene rings is 2. The third-order valence-electron chi connectivity index (χ3n) is 2.64. The van der Waals surface area contributed by atoms with Crippen LogP contribution < -0.4 is 5.32 Å². The van der Waals surface area contributed by atoms with Gasteiger partial charge in [0.2, 0.25) is 0 Å². The summed E-state index contributed by atoms with van der Waals surface area (Å²) in [5.74, 6) is -0.502. The molecule has 0 aromatic heterocycles. The Morgan fingerprint density at radius 3 is 2.29 bits per heavy atom. The molecule has 0 unspecified atom stereocenters. The van der Waals surface area contributed by atoms with E-state index in [-0.39, 0.29) is 5.69 Å². The summed E-state index contributed by atoms with van der Waals surface area (Å²) in [6.45, 7) is 0. The number of alkyl halides is 3. The van der Waals surface area contributed by atoms with E-state index in [4.69, 9.17) is 11.6 Å². The number of amides is 1. The summed E-state index contributed by atoms with van der Waals surface area (Å²) in [4.78, 5) is 11.9. The molecule has 2 rings (SSSR count). The van der Waals surface area contributed by atoms with Crippen LogP contribution in [0.2, 0.25) is 5.02 Å². The van der Waals surface area contributed by atoms with Gasteiger partial charge in [-0.05, 0) is 42.5 Å². The van der Waals surface area contributed by atoms with Crippen molar-refractivity contribution in [3.8, 4) is 0 Å². The van der Waals surface area contributed by atoms with Crippen LogP contribution in [0.3, 0.4) is 0 Å². The second-order valence-electron chi connectivity index (χ2n) is 4.15. The summed E-state index contributed by atoms with van der Waals surface area (Å²) in [5.41, 5.74) is -0.626. The van der Waals surface area contributed by atoms with E-state index in [2.05, 4.69) is 21.2 Å². The summed E-state index contributed by atoms with van der Waals surface area (Å²) in [6, 6.07) is 9.66. The van der Waals surface area contributed by atoms with Crippen LogP contribution in [0.4, 0.5) is 18.9 Å². The number of halogens is 5.